The summed E-state index contributed by atoms with van der Waals surface area (Å²) in [5, 5.41) is 2.57. The molecule has 2 aromatic rings. The highest BCUT2D eigenvalue weighted by Gasteiger charge is 2.18. The van der Waals surface area contributed by atoms with E-state index >= 15 is 0 Å². The topological polar surface area (TPSA) is 111 Å². The van der Waals surface area contributed by atoms with Gasteiger partial charge in [-0.1, -0.05) is 18.2 Å². The molecule has 0 saturated carbocycles. The molecule has 8 nitrogen and oxygen atoms in total. The number of halogens is 2. The van der Waals surface area contributed by atoms with Gasteiger partial charge < -0.3 is 14.8 Å². The maximum absolute atomic E-state index is 12.2. The first-order chi connectivity index (χ1) is 15.1. The molecule has 0 aliphatic heterocycles. The van der Waals surface area contributed by atoms with E-state index in [-0.39, 0.29) is 28.8 Å². The molecule has 2 rings (SSSR count). The molecule has 32 heavy (non-hydrogen) atoms. The predicted molar refractivity (Wildman–Crippen MR) is 112 cm³/mol. The average molecular weight is 470 g/mol. The molecule has 1 amide bonds. The zero-order chi connectivity index (χ0) is 23.7. The molecule has 0 heterocycles. The number of rotatable bonds is 11. The molecular weight excluding hydrogens is 446 g/mol. The number of hydrogen-bond acceptors (Lipinski definition) is 6. The summed E-state index contributed by atoms with van der Waals surface area (Å²) < 4.78 is 60.3. The van der Waals surface area contributed by atoms with Crippen LogP contribution in [0.3, 0.4) is 0 Å². The van der Waals surface area contributed by atoms with Crippen LogP contribution in [0.1, 0.15) is 29.8 Å². The second kappa shape index (κ2) is 11.5. The van der Waals surface area contributed by atoms with Gasteiger partial charge >= 0.3 is 12.6 Å². The van der Waals surface area contributed by atoms with E-state index in [9.17, 15) is 26.8 Å². The van der Waals surface area contributed by atoms with E-state index in [1.807, 2.05) is 0 Å². The molecule has 2 aromatic carbocycles. The average Bonchev–Trinajstić information content (AvgIpc) is 2.72. The van der Waals surface area contributed by atoms with Crippen molar-refractivity contribution in [2.24, 2.45) is 0 Å². The van der Waals surface area contributed by atoms with Gasteiger partial charge in [0.1, 0.15) is 5.75 Å². The highest BCUT2D eigenvalue weighted by molar-refractivity contribution is 7.89. The van der Waals surface area contributed by atoms with Gasteiger partial charge in [0.05, 0.1) is 10.5 Å². The zero-order valence-corrected chi connectivity index (χ0v) is 18.3. The van der Waals surface area contributed by atoms with Gasteiger partial charge in [-0.3, -0.25) is 4.79 Å². The number of hydrogen-bond donors (Lipinski definition) is 2. The second-order valence-corrected chi connectivity index (χ2v) is 8.72. The summed E-state index contributed by atoms with van der Waals surface area (Å²) in [5.74, 6) is -1.34. The standard InChI is InChI=1S/C21H24F2N2O6S/c1-14(2)25-32(28,29)18-5-3-4-16(12-18)20(27)30-13-19(26)24-11-10-15-6-8-17(9-7-15)31-21(22)23/h3-9,12,14,21,25H,10-11,13H2,1-2H3,(H,24,26). The lowest BCUT2D eigenvalue weighted by atomic mass is 10.1. The van der Waals surface area contributed by atoms with Crippen LogP contribution >= 0.6 is 0 Å². The number of carbonyl (C=O) groups is 2. The minimum Gasteiger partial charge on any atom is -0.452 e. The van der Waals surface area contributed by atoms with E-state index in [4.69, 9.17) is 4.74 Å². The van der Waals surface area contributed by atoms with E-state index in [0.717, 1.165) is 5.56 Å². The van der Waals surface area contributed by atoms with E-state index < -0.39 is 35.1 Å². The molecular formula is C21H24F2N2O6S. The van der Waals surface area contributed by atoms with Crippen molar-refractivity contribution >= 4 is 21.9 Å². The van der Waals surface area contributed by atoms with Crippen LogP contribution in [0.2, 0.25) is 0 Å². The maximum atomic E-state index is 12.2. The van der Waals surface area contributed by atoms with E-state index in [2.05, 4.69) is 14.8 Å². The summed E-state index contributed by atoms with van der Waals surface area (Å²) in [6.45, 7) is 0.142. The summed E-state index contributed by atoms with van der Waals surface area (Å²) >= 11 is 0. The van der Waals surface area contributed by atoms with Gasteiger partial charge in [-0.25, -0.2) is 17.9 Å². The number of esters is 1. The maximum Gasteiger partial charge on any atom is 0.387 e. The Labute approximate surface area is 185 Å². The van der Waals surface area contributed by atoms with E-state index in [1.165, 1.54) is 36.4 Å². The Kier molecular flexibility index (Phi) is 9.09. The summed E-state index contributed by atoms with van der Waals surface area (Å²) in [6.07, 6.45) is 0.428. The van der Waals surface area contributed by atoms with Crippen LogP contribution in [-0.4, -0.2) is 46.1 Å². The fourth-order valence-corrected chi connectivity index (χ4v) is 3.91. The number of alkyl halides is 2. The quantitative estimate of drug-likeness (QED) is 0.488. The summed E-state index contributed by atoms with van der Waals surface area (Å²) in [7, 11) is -3.78. The van der Waals surface area contributed by atoms with Crippen molar-refractivity contribution in [3.8, 4) is 5.75 Å². The van der Waals surface area contributed by atoms with Crippen molar-refractivity contribution < 1.29 is 36.3 Å². The Morgan fingerprint density at radius 2 is 1.75 bits per heavy atom. The number of nitrogens with one attached hydrogen (secondary N) is 2. The number of sulfonamides is 1. The smallest absolute Gasteiger partial charge is 0.387 e. The van der Waals surface area contributed by atoms with Crippen LogP contribution in [0, 0.1) is 0 Å². The fourth-order valence-electron chi connectivity index (χ4n) is 2.62. The van der Waals surface area contributed by atoms with Crippen molar-refractivity contribution in [1.82, 2.24) is 10.0 Å². The molecule has 2 N–H and O–H groups in total. The molecule has 0 saturated heterocycles. The second-order valence-electron chi connectivity index (χ2n) is 7.00. The van der Waals surface area contributed by atoms with Crippen LogP contribution < -0.4 is 14.8 Å². The van der Waals surface area contributed by atoms with Gasteiger partial charge in [0.25, 0.3) is 5.91 Å². The van der Waals surface area contributed by atoms with Crippen molar-refractivity contribution in [1.29, 1.82) is 0 Å². The van der Waals surface area contributed by atoms with Gasteiger partial charge in [0, 0.05) is 12.6 Å². The summed E-state index contributed by atoms with van der Waals surface area (Å²) in [4.78, 5) is 24.0. The Morgan fingerprint density at radius 3 is 2.38 bits per heavy atom. The summed E-state index contributed by atoms with van der Waals surface area (Å²) in [5.41, 5.74) is 0.785. The molecule has 0 unspecified atom stereocenters. The SMILES string of the molecule is CC(C)NS(=O)(=O)c1cccc(C(=O)OCC(=O)NCCc2ccc(OC(F)F)cc2)c1. The molecule has 0 aliphatic rings. The Balaban J connectivity index is 1.80. The largest absolute Gasteiger partial charge is 0.452 e. The molecule has 11 heteroatoms. The van der Waals surface area contributed by atoms with Crippen LogP contribution in [0.4, 0.5) is 8.78 Å². The number of carbonyl (C=O) groups excluding carboxylic acids is 2. The van der Waals surface area contributed by atoms with Gasteiger partial charge in [-0.2, -0.15) is 8.78 Å². The zero-order valence-electron chi connectivity index (χ0n) is 17.5. The minimum atomic E-state index is -3.78. The first kappa shape index (κ1) is 25.2. The van der Waals surface area contributed by atoms with Gasteiger partial charge in [0.15, 0.2) is 6.61 Å². The Morgan fingerprint density at radius 1 is 1.06 bits per heavy atom. The van der Waals surface area contributed by atoms with E-state index in [0.29, 0.717) is 6.42 Å². The molecule has 0 bridgehead atoms. The third kappa shape index (κ3) is 8.23. The highest BCUT2D eigenvalue weighted by atomic mass is 32.2. The third-order valence-electron chi connectivity index (χ3n) is 3.99. The predicted octanol–water partition coefficient (Wildman–Crippen LogP) is 2.49. The lowest BCUT2D eigenvalue weighted by molar-refractivity contribution is -0.124. The molecule has 0 aromatic heterocycles. The third-order valence-corrected chi connectivity index (χ3v) is 5.65. The van der Waals surface area contributed by atoms with Gasteiger partial charge in [-0.15, -0.1) is 0 Å². The Bertz CT molecular complexity index is 1030. The number of ether oxygens (including phenoxy) is 2. The fraction of sp³-hybridized carbons (Fsp3) is 0.333. The minimum absolute atomic E-state index is 0.00413. The van der Waals surface area contributed by atoms with Crippen molar-refractivity contribution in [2.45, 2.75) is 37.8 Å². The van der Waals surface area contributed by atoms with Crippen LogP contribution in [0.15, 0.2) is 53.4 Å². The Hall–Kier alpha value is -3.05. The van der Waals surface area contributed by atoms with Crippen molar-refractivity contribution in [3.63, 3.8) is 0 Å². The molecule has 174 valence electrons. The molecule has 0 fully saturated rings. The monoisotopic (exact) mass is 470 g/mol. The van der Waals surface area contributed by atoms with Crippen molar-refractivity contribution in [2.75, 3.05) is 13.2 Å². The van der Waals surface area contributed by atoms with Crippen LogP contribution in [0.25, 0.3) is 0 Å². The van der Waals surface area contributed by atoms with Crippen molar-refractivity contribution in [3.05, 3.63) is 59.7 Å². The van der Waals surface area contributed by atoms with E-state index in [1.54, 1.807) is 26.0 Å². The lowest BCUT2D eigenvalue weighted by Gasteiger charge is -2.11. The first-order valence-electron chi connectivity index (χ1n) is 9.67. The summed E-state index contributed by atoms with van der Waals surface area (Å²) in [6, 6.07) is 11.0. The van der Waals surface area contributed by atoms with Crippen LogP contribution in [0.5, 0.6) is 5.75 Å². The molecule has 0 spiro atoms. The van der Waals surface area contributed by atoms with Gasteiger partial charge in [-0.05, 0) is 56.2 Å². The van der Waals surface area contributed by atoms with Crippen LogP contribution in [-0.2, 0) is 26.0 Å². The number of benzene rings is 2. The highest BCUT2D eigenvalue weighted by Crippen LogP contribution is 2.15. The molecule has 0 radical (unpaired) electrons. The molecule has 0 aliphatic carbocycles. The van der Waals surface area contributed by atoms with Gasteiger partial charge in [0.2, 0.25) is 10.0 Å². The first-order valence-corrected chi connectivity index (χ1v) is 11.1. The number of amides is 1. The lowest BCUT2D eigenvalue weighted by Crippen LogP contribution is -2.31. The normalized spacial score (nSPS) is 11.4. The molecule has 0 atom stereocenters.